The van der Waals surface area contributed by atoms with E-state index in [1.165, 1.54) is 0 Å². The largest absolute Gasteiger partial charge is 0.492 e. The zero-order valence-electron chi connectivity index (χ0n) is 14.6. The molecule has 0 aliphatic carbocycles. The van der Waals surface area contributed by atoms with E-state index in [1.54, 1.807) is 0 Å². The summed E-state index contributed by atoms with van der Waals surface area (Å²) in [6, 6.07) is 7.58. The Morgan fingerprint density at radius 2 is 2.15 bits per heavy atom. The Morgan fingerprint density at radius 1 is 1.31 bits per heavy atom. The van der Waals surface area contributed by atoms with E-state index < -0.39 is 18.7 Å². The van der Waals surface area contributed by atoms with Crippen molar-refractivity contribution in [3.05, 3.63) is 29.8 Å². The number of carboxylic acid groups (broad SMARTS) is 1. The lowest BCUT2D eigenvalue weighted by Gasteiger charge is -2.32. The van der Waals surface area contributed by atoms with Crippen molar-refractivity contribution in [2.45, 2.75) is 25.1 Å². The Bertz CT molecular complexity index is 638. The second-order valence-corrected chi connectivity index (χ2v) is 6.45. The number of ether oxygens (including phenoxy) is 3. The van der Waals surface area contributed by atoms with Crippen molar-refractivity contribution in [2.75, 3.05) is 39.5 Å². The molecule has 1 amide bonds. The molecule has 1 fully saturated rings. The van der Waals surface area contributed by atoms with E-state index in [-0.39, 0.29) is 25.1 Å². The van der Waals surface area contributed by atoms with Crippen molar-refractivity contribution < 1.29 is 28.9 Å². The zero-order valence-corrected chi connectivity index (χ0v) is 14.6. The molecule has 8 heteroatoms. The van der Waals surface area contributed by atoms with Gasteiger partial charge in [0.2, 0.25) is 5.91 Å². The fourth-order valence-electron chi connectivity index (χ4n) is 3.19. The van der Waals surface area contributed by atoms with Crippen molar-refractivity contribution in [3.63, 3.8) is 0 Å². The van der Waals surface area contributed by atoms with Gasteiger partial charge in [-0.3, -0.25) is 9.69 Å². The molecule has 0 aromatic heterocycles. The number of amides is 1. The number of para-hydroxylation sites is 1. The standard InChI is InChI=1S/C18H24N2O6/c21-17(19-14-5-7-24-11-16(14)26-12-18(22)23)10-20-6-8-25-15-4-2-1-3-13(15)9-20/h1-4,14,16H,5-12H2,(H,19,21)(H,22,23)/t14-,16-/m1/s1. The van der Waals surface area contributed by atoms with Crippen LogP contribution in [-0.4, -0.2) is 73.5 Å². The fraction of sp³-hybridized carbons (Fsp3) is 0.556. The van der Waals surface area contributed by atoms with Crippen molar-refractivity contribution in [1.82, 2.24) is 10.2 Å². The van der Waals surface area contributed by atoms with Crippen LogP contribution in [0.15, 0.2) is 24.3 Å². The van der Waals surface area contributed by atoms with Crippen molar-refractivity contribution in [3.8, 4) is 5.75 Å². The maximum absolute atomic E-state index is 12.5. The van der Waals surface area contributed by atoms with Crippen LogP contribution in [0.5, 0.6) is 5.75 Å². The SMILES string of the molecule is O=C(O)CO[C@@H]1COCC[C@H]1NC(=O)CN1CCOc2ccccc2C1. The number of benzene rings is 1. The highest BCUT2D eigenvalue weighted by atomic mass is 16.5. The van der Waals surface area contributed by atoms with Gasteiger partial charge in [-0.1, -0.05) is 18.2 Å². The minimum Gasteiger partial charge on any atom is -0.492 e. The van der Waals surface area contributed by atoms with Crippen LogP contribution in [-0.2, 0) is 25.6 Å². The number of nitrogens with one attached hydrogen (secondary N) is 1. The van der Waals surface area contributed by atoms with Crippen LogP contribution in [0.25, 0.3) is 0 Å². The number of aliphatic carboxylic acids is 1. The summed E-state index contributed by atoms with van der Waals surface area (Å²) in [5.41, 5.74) is 1.06. The molecule has 26 heavy (non-hydrogen) atoms. The summed E-state index contributed by atoms with van der Waals surface area (Å²) in [6.45, 7) is 2.49. The summed E-state index contributed by atoms with van der Waals surface area (Å²) < 4.78 is 16.4. The molecular formula is C18H24N2O6. The van der Waals surface area contributed by atoms with E-state index >= 15 is 0 Å². The first-order valence-electron chi connectivity index (χ1n) is 8.75. The summed E-state index contributed by atoms with van der Waals surface area (Å²) in [6.07, 6.45) is 0.152. The number of carbonyl (C=O) groups is 2. The predicted molar refractivity (Wildman–Crippen MR) is 92.0 cm³/mol. The summed E-state index contributed by atoms with van der Waals surface area (Å²) in [5.74, 6) is -0.286. The highest BCUT2D eigenvalue weighted by Crippen LogP contribution is 2.22. The normalized spacial score (nSPS) is 23.4. The minimum absolute atomic E-state index is 0.111. The Balaban J connectivity index is 1.53. The Kier molecular flexibility index (Phi) is 6.43. The van der Waals surface area contributed by atoms with E-state index in [2.05, 4.69) is 5.32 Å². The first-order chi connectivity index (χ1) is 12.6. The fourth-order valence-corrected chi connectivity index (χ4v) is 3.19. The van der Waals surface area contributed by atoms with Crippen LogP contribution in [0, 0.1) is 0 Å². The van der Waals surface area contributed by atoms with Crippen LogP contribution in [0.3, 0.4) is 0 Å². The number of carboxylic acids is 1. The summed E-state index contributed by atoms with van der Waals surface area (Å²) in [7, 11) is 0. The van der Waals surface area contributed by atoms with E-state index in [4.69, 9.17) is 19.3 Å². The Hall–Kier alpha value is -2.16. The molecule has 1 aromatic carbocycles. The van der Waals surface area contributed by atoms with Gasteiger partial charge in [0, 0.05) is 25.3 Å². The second kappa shape index (κ2) is 8.98. The highest BCUT2D eigenvalue weighted by Gasteiger charge is 2.29. The third-order valence-electron chi connectivity index (χ3n) is 4.47. The number of carbonyl (C=O) groups excluding carboxylic acids is 1. The van der Waals surface area contributed by atoms with E-state index in [1.807, 2.05) is 29.2 Å². The van der Waals surface area contributed by atoms with Gasteiger partial charge >= 0.3 is 5.97 Å². The van der Waals surface area contributed by atoms with E-state index in [0.29, 0.717) is 32.7 Å². The maximum Gasteiger partial charge on any atom is 0.329 e. The monoisotopic (exact) mass is 364 g/mol. The smallest absolute Gasteiger partial charge is 0.329 e. The van der Waals surface area contributed by atoms with Gasteiger partial charge in [-0.25, -0.2) is 4.79 Å². The third-order valence-corrected chi connectivity index (χ3v) is 4.47. The van der Waals surface area contributed by atoms with Crippen LogP contribution >= 0.6 is 0 Å². The number of rotatable bonds is 6. The lowest BCUT2D eigenvalue weighted by Crippen LogP contribution is -2.52. The average Bonchev–Trinajstić information content (AvgIpc) is 2.82. The molecule has 142 valence electrons. The quantitative estimate of drug-likeness (QED) is 0.747. The van der Waals surface area contributed by atoms with Crippen molar-refractivity contribution in [1.29, 1.82) is 0 Å². The van der Waals surface area contributed by atoms with Gasteiger partial charge in [0.25, 0.3) is 0 Å². The molecule has 0 spiro atoms. The molecule has 8 nitrogen and oxygen atoms in total. The molecule has 2 aliphatic rings. The molecule has 2 N–H and O–H groups in total. The number of nitrogens with zero attached hydrogens (tertiary/aromatic N) is 1. The van der Waals surface area contributed by atoms with Gasteiger partial charge < -0.3 is 24.6 Å². The molecule has 0 bridgehead atoms. The molecule has 2 aliphatic heterocycles. The van der Waals surface area contributed by atoms with Crippen molar-refractivity contribution >= 4 is 11.9 Å². The second-order valence-electron chi connectivity index (χ2n) is 6.45. The molecule has 2 atom stereocenters. The summed E-state index contributed by atoms with van der Waals surface area (Å²) in [4.78, 5) is 25.2. The lowest BCUT2D eigenvalue weighted by molar-refractivity contribution is -0.149. The van der Waals surface area contributed by atoms with Crippen LogP contribution in [0.4, 0.5) is 0 Å². The van der Waals surface area contributed by atoms with Gasteiger partial charge in [-0.15, -0.1) is 0 Å². The Labute approximate surface area is 152 Å². The molecular weight excluding hydrogens is 340 g/mol. The third kappa shape index (κ3) is 5.17. The summed E-state index contributed by atoms with van der Waals surface area (Å²) in [5, 5.41) is 11.7. The van der Waals surface area contributed by atoms with Crippen molar-refractivity contribution in [2.24, 2.45) is 0 Å². The molecule has 2 heterocycles. The van der Waals surface area contributed by atoms with E-state index in [0.717, 1.165) is 11.3 Å². The number of hydrogen-bond acceptors (Lipinski definition) is 6. The van der Waals surface area contributed by atoms with E-state index in [9.17, 15) is 9.59 Å². The first-order valence-corrected chi connectivity index (χ1v) is 8.75. The summed E-state index contributed by atoms with van der Waals surface area (Å²) >= 11 is 0. The number of hydrogen-bond donors (Lipinski definition) is 2. The molecule has 0 saturated carbocycles. The molecule has 3 rings (SSSR count). The molecule has 0 unspecified atom stereocenters. The zero-order chi connectivity index (χ0) is 18.4. The van der Waals surface area contributed by atoms with Gasteiger partial charge in [0.05, 0.1) is 19.2 Å². The van der Waals surface area contributed by atoms with Gasteiger partial charge in [-0.2, -0.15) is 0 Å². The minimum atomic E-state index is -1.04. The van der Waals surface area contributed by atoms with Gasteiger partial charge in [-0.05, 0) is 12.5 Å². The molecule has 0 radical (unpaired) electrons. The van der Waals surface area contributed by atoms with Gasteiger partial charge in [0.15, 0.2) is 0 Å². The lowest BCUT2D eigenvalue weighted by atomic mass is 10.1. The van der Waals surface area contributed by atoms with Crippen LogP contribution in [0.2, 0.25) is 0 Å². The van der Waals surface area contributed by atoms with Gasteiger partial charge in [0.1, 0.15) is 25.1 Å². The van der Waals surface area contributed by atoms with Crippen LogP contribution < -0.4 is 10.1 Å². The molecule has 1 aromatic rings. The highest BCUT2D eigenvalue weighted by molar-refractivity contribution is 5.78. The average molecular weight is 364 g/mol. The Morgan fingerprint density at radius 3 is 3.00 bits per heavy atom. The maximum atomic E-state index is 12.5. The van der Waals surface area contributed by atoms with Crippen LogP contribution in [0.1, 0.15) is 12.0 Å². The topological polar surface area (TPSA) is 97.3 Å². The predicted octanol–water partition coefficient (Wildman–Crippen LogP) is 0.256. The first kappa shape index (κ1) is 18.6. The number of fused-ring (bicyclic) bond motifs is 1. The molecule has 1 saturated heterocycles.